The summed E-state index contributed by atoms with van der Waals surface area (Å²) >= 11 is 0. The van der Waals surface area contributed by atoms with Gasteiger partial charge in [-0.2, -0.15) is 13.2 Å². The van der Waals surface area contributed by atoms with Gasteiger partial charge in [0.1, 0.15) is 0 Å². The molecular weight excluding hydrogens is 231 g/mol. The van der Waals surface area contributed by atoms with Crippen molar-refractivity contribution in [3.05, 3.63) is 34.9 Å². The highest BCUT2D eigenvalue weighted by Crippen LogP contribution is 2.31. The summed E-state index contributed by atoms with van der Waals surface area (Å²) in [7, 11) is 1.54. The first kappa shape index (κ1) is 12.4. The summed E-state index contributed by atoms with van der Waals surface area (Å²) < 4.78 is 42.4. The van der Waals surface area contributed by atoms with Crippen LogP contribution in [-0.4, -0.2) is 13.2 Å². The molecule has 1 atom stereocenters. The van der Waals surface area contributed by atoms with E-state index in [9.17, 15) is 13.2 Å². The van der Waals surface area contributed by atoms with Crippen LogP contribution in [0.15, 0.2) is 18.2 Å². The molecule has 1 N–H and O–H groups in total. The van der Waals surface area contributed by atoms with Crippen LogP contribution in [0.4, 0.5) is 13.2 Å². The predicted molar refractivity (Wildman–Crippen MR) is 57.4 cm³/mol. The summed E-state index contributed by atoms with van der Waals surface area (Å²) in [6, 6.07) is 4.69. The van der Waals surface area contributed by atoms with E-state index in [1.165, 1.54) is 0 Å². The Morgan fingerprint density at radius 1 is 1.29 bits per heavy atom. The third-order valence-corrected chi connectivity index (χ3v) is 2.93. The van der Waals surface area contributed by atoms with Crippen LogP contribution in [0.2, 0.25) is 0 Å². The maximum atomic E-state index is 12.4. The lowest BCUT2D eigenvalue weighted by Gasteiger charge is -2.19. The first-order valence-electron chi connectivity index (χ1n) is 5.43. The molecule has 1 aliphatic rings. The second-order valence-electron chi connectivity index (χ2n) is 4.18. The van der Waals surface area contributed by atoms with Gasteiger partial charge in [-0.15, -0.1) is 0 Å². The minimum absolute atomic E-state index is 0.492. The van der Waals surface area contributed by atoms with Crippen molar-refractivity contribution < 1.29 is 17.9 Å². The third-order valence-electron chi connectivity index (χ3n) is 2.93. The smallest absolute Gasteiger partial charge is 0.372 e. The highest BCUT2D eigenvalue weighted by atomic mass is 19.4. The zero-order valence-electron chi connectivity index (χ0n) is 9.47. The van der Waals surface area contributed by atoms with Gasteiger partial charge >= 0.3 is 6.18 Å². The zero-order chi connectivity index (χ0) is 12.5. The number of nitrogens with one attached hydrogen (secondary N) is 1. The van der Waals surface area contributed by atoms with Crippen LogP contribution in [0.1, 0.15) is 29.2 Å². The van der Waals surface area contributed by atoms with Crippen molar-refractivity contribution in [2.24, 2.45) is 0 Å². The minimum Gasteiger partial charge on any atom is -0.372 e. The van der Waals surface area contributed by atoms with Crippen molar-refractivity contribution in [2.45, 2.75) is 31.9 Å². The minimum atomic E-state index is -4.16. The molecule has 0 amide bonds. The van der Waals surface area contributed by atoms with E-state index in [0.717, 1.165) is 11.1 Å². The van der Waals surface area contributed by atoms with Crippen molar-refractivity contribution in [1.29, 1.82) is 0 Å². The summed E-state index contributed by atoms with van der Waals surface area (Å²) in [6.07, 6.45) is -5.02. The molecule has 17 heavy (non-hydrogen) atoms. The number of ether oxygens (including phenoxy) is 1. The number of halogens is 3. The summed E-state index contributed by atoms with van der Waals surface area (Å²) in [5.41, 5.74) is 2.72. The van der Waals surface area contributed by atoms with Gasteiger partial charge < -0.3 is 10.1 Å². The summed E-state index contributed by atoms with van der Waals surface area (Å²) in [5, 5.41) is 2.71. The number of hydrogen-bond acceptors (Lipinski definition) is 2. The van der Waals surface area contributed by atoms with Gasteiger partial charge in [-0.1, -0.05) is 18.2 Å². The number of alkyl halides is 3. The normalized spacial score (nSPS) is 16.9. The van der Waals surface area contributed by atoms with E-state index in [-0.39, 0.29) is 0 Å². The number of hydrogen-bond donors (Lipinski definition) is 1. The Hall–Kier alpha value is -1.07. The molecule has 0 saturated heterocycles. The molecule has 1 aromatic rings. The van der Waals surface area contributed by atoms with Crippen LogP contribution in [0.5, 0.6) is 0 Å². The van der Waals surface area contributed by atoms with Gasteiger partial charge in [0.2, 0.25) is 0 Å². The van der Waals surface area contributed by atoms with Crippen LogP contribution >= 0.6 is 0 Å². The van der Waals surface area contributed by atoms with Gasteiger partial charge in [-0.3, -0.25) is 0 Å². The van der Waals surface area contributed by atoms with Gasteiger partial charge in [0.25, 0.3) is 0 Å². The fourth-order valence-electron chi connectivity index (χ4n) is 2.03. The Bertz CT molecular complexity index is 403. The lowest BCUT2D eigenvalue weighted by molar-refractivity contribution is -0.140. The SMILES string of the molecule is CNC(CC(F)(F)F)c1ccc2c(c1)COC2. The molecule has 0 radical (unpaired) electrons. The van der Waals surface area contributed by atoms with Gasteiger partial charge in [-0.25, -0.2) is 0 Å². The van der Waals surface area contributed by atoms with E-state index >= 15 is 0 Å². The van der Waals surface area contributed by atoms with Crippen LogP contribution in [0.3, 0.4) is 0 Å². The van der Waals surface area contributed by atoms with Crippen molar-refractivity contribution >= 4 is 0 Å². The monoisotopic (exact) mass is 245 g/mol. The van der Waals surface area contributed by atoms with Crippen LogP contribution in [0, 0.1) is 0 Å². The molecular formula is C12H14F3NO. The Labute approximate surface area is 97.8 Å². The predicted octanol–water partition coefficient (Wildman–Crippen LogP) is 2.93. The fraction of sp³-hybridized carbons (Fsp3) is 0.500. The van der Waals surface area contributed by atoms with Crippen LogP contribution in [0.25, 0.3) is 0 Å². The van der Waals surface area contributed by atoms with E-state index in [2.05, 4.69) is 5.32 Å². The van der Waals surface area contributed by atoms with Crippen molar-refractivity contribution in [2.75, 3.05) is 7.05 Å². The van der Waals surface area contributed by atoms with Gasteiger partial charge in [-0.05, 0) is 23.7 Å². The quantitative estimate of drug-likeness (QED) is 0.884. The topological polar surface area (TPSA) is 21.3 Å². The van der Waals surface area contributed by atoms with Crippen molar-refractivity contribution in [3.8, 4) is 0 Å². The first-order chi connectivity index (χ1) is 7.99. The molecule has 0 fully saturated rings. The average molecular weight is 245 g/mol. The van der Waals surface area contributed by atoms with Crippen LogP contribution in [-0.2, 0) is 18.0 Å². The number of rotatable bonds is 3. The van der Waals surface area contributed by atoms with Crippen molar-refractivity contribution in [3.63, 3.8) is 0 Å². The number of benzene rings is 1. The standard InChI is InChI=1S/C12H14F3NO/c1-16-11(5-12(13,14)15)8-2-3-9-6-17-7-10(9)4-8/h2-4,11,16H,5-7H2,1H3. The van der Waals surface area contributed by atoms with Gasteiger partial charge in [0.15, 0.2) is 0 Å². The molecule has 94 valence electrons. The molecule has 0 bridgehead atoms. The lowest BCUT2D eigenvalue weighted by Crippen LogP contribution is -2.23. The molecule has 1 heterocycles. The van der Waals surface area contributed by atoms with E-state index in [1.54, 1.807) is 19.2 Å². The van der Waals surface area contributed by atoms with Gasteiger partial charge in [0, 0.05) is 6.04 Å². The van der Waals surface area contributed by atoms with E-state index in [1.807, 2.05) is 6.07 Å². The molecule has 0 saturated carbocycles. The van der Waals surface area contributed by atoms with Crippen LogP contribution < -0.4 is 5.32 Å². The molecule has 1 aliphatic heterocycles. The maximum absolute atomic E-state index is 12.4. The molecule has 0 aliphatic carbocycles. The Morgan fingerprint density at radius 2 is 2.00 bits per heavy atom. The second-order valence-corrected chi connectivity index (χ2v) is 4.18. The third kappa shape index (κ3) is 2.98. The second kappa shape index (κ2) is 4.66. The molecule has 1 aromatic carbocycles. The fourth-order valence-corrected chi connectivity index (χ4v) is 2.03. The number of fused-ring (bicyclic) bond motifs is 1. The molecule has 2 nitrogen and oxygen atoms in total. The highest BCUT2D eigenvalue weighted by molar-refractivity contribution is 5.34. The van der Waals surface area contributed by atoms with E-state index in [4.69, 9.17) is 4.74 Å². The Balaban J connectivity index is 2.20. The zero-order valence-corrected chi connectivity index (χ0v) is 9.47. The first-order valence-corrected chi connectivity index (χ1v) is 5.43. The Morgan fingerprint density at radius 3 is 2.65 bits per heavy atom. The van der Waals surface area contributed by atoms with E-state index < -0.39 is 18.6 Å². The van der Waals surface area contributed by atoms with Crippen molar-refractivity contribution in [1.82, 2.24) is 5.32 Å². The summed E-state index contributed by atoms with van der Waals surface area (Å²) in [4.78, 5) is 0. The largest absolute Gasteiger partial charge is 0.390 e. The average Bonchev–Trinajstić information content (AvgIpc) is 2.71. The molecule has 1 unspecified atom stereocenters. The molecule has 0 spiro atoms. The molecule has 5 heteroatoms. The highest BCUT2D eigenvalue weighted by Gasteiger charge is 2.32. The lowest BCUT2D eigenvalue weighted by atomic mass is 9.99. The maximum Gasteiger partial charge on any atom is 0.390 e. The molecule has 0 aromatic heterocycles. The summed E-state index contributed by atoms with van der Waals surface area (Å²) in [6.45, 7) is 1.05. The Kier molecular flexibility index (Phi) is 3.40. The summed E-state index contributed by atoms with van der Waals surface area (Å²) in [5.74, 6) is 0. The van der Waals surface area contributed by atoms with Gasteiger partial charge in [0.05, 0.1) is 19.6 Å². The molecule has 2 rings (SSSR count). The van der Waals surface area contributed by atoms with E-state index in [0.29, 0.717) is 18.8 Å².